The normalized spacial score (nSPS) is 23.8. The molecule has 1 aromatic carbocycles. The van der Waals surface area contributed by atoms with Crippen LogP contribution in [-0.2, 0) is 41.9 Å². The largest absolute Gasteiger partial charge is 0.346 e. The summed E-state index contributed by atoms with van der Waals surface area (Å²) in [4.78, 5) is 70.6. The third-order valence-corrected chi connectivity index (χ3v) is 15.1. The van der Waals surface area contributed by atoms with E-state index in [4.69, 9.17) is 6.42 Å². The van der Waals surface area contributed by atoms with Crippen molar-refractivity contribution in [2.75, 3.05) is 18.8 Å². The molecule has 0 spiro atoms. The summed E-state index contributed by atoms with van der Waals surface area (Å²) in [7, 11) is -3.60. The van der Waals surface area contributed by atoms with E-state index in [0.717, 1.165) is 30.4 Å². The van der Waals surface area contributed by atoms with Crippen LogP contribution in [0, 0.1) is 35.5 Å². The van der Waals surface area contributed by atoms with Gasteiger partial charge in [0, 0.05) is 19.5 Å². The molecule has 294 valence electrons. The second-order valence-electron chi connectivity index (χ2n) is 17.3. The van der Waals surface area contributed by atoms with Gasteiger partial charge in [0.1, 0.15) is 12.1 Å². The zero-order valence-electron chi connectivity index (χ0n) is 32.3. The van der Waals surface area contributed by atoms with Gasteiger partial charge in [0.2, 0.25) is 17.6 Å². The molecule has 0 bridgehead atoms. The Bertz CT molecular complexity index is 1780. The van der Waals surface area contributed by atoms with Crippen molar-refractivity contribution in [1.29, 1.82) is 0 Å². The Morgan fingerprint density at radius 2 is 1.67 bits per heavy atom. The third-order valence-electron chi connectivity index (χ3n) is 12.3. The van der Waals surface area contributed by atoms with E-state index in [9.17, 15) is 32.4 Å². The minimum atomic E-state index is -3.60. The summed E-state index contributed by atoms with van der Waals surface area (Å²) in [5.41, 5.74) is 0.910. The number of benzene rings is 1. The van der Waals surface area contributed by atoms with Crippen LogP contribution in [0.2, 0.25) is 0 Å². The fourth-order valence-corrected chi connectivity index (χ4v) is 10.4. The van der Waals surface area contributed by atoms with Crippen molar-refractivity contribution in [3.63, 3.8) is 0 Å². The number of piperidine rings is 1. The van der Waals surface area contributed by atoms with Gasteiger partial charge < -0.3 is 26.2 Å². The fourth-order valence-electron chi connectivity index (χ4n) is 8.90. The molecule has 5 rings (SSSR count). The smallest absolute Gasteiger partial charge is 0.315 e. The van der Waals surface area contributed by atoms with Crippen LogP contribution in [0.1, 0.15) is 90.7 Å². The Kier molecular flexibility index (Phi) is 12.1. The summed E-state index contributed by atoms with van der Waals surface area (Å²) in [6.45, 7) is 13.0. The first-order valence-corrected chi connectivity index (χ1v) is 20.9. The minimum absolute atomic E-state index is 0.0105. The number of terminal acetylenes is 1. The van der Waals surface area contributed by atoms with Gasteiger partial charge in [0.25, 0.3) is 5.91 Å². The fraction of sp³-hybridized carbons (Fsp3) is 0.634. The van der Waals surface area contributed by atoms with Crippen LogP contribution in [0.25, 0.3) is 0 Å². The quantitative estimate of drug-likeness (QED) is 0.128. The van der Waals surface area contributed by atoms with E-state index in [1.165, 1.54) is 11.0 Å². The highest BCUT2D eigenvalue weighted by Crippen LogP contribution is 2.65. The Hall–Kier alpha value is -4.18. The highest BCUT2D eigenvalue weighted by atomic mass is 32.2. The van der Waals surface area contributed by atoms with Gasteiger partial charge >= 0.3 is 6.03 Å². The zero-order valence-corrected chi connectivity index (χ0v) is 33.2. The average Bonchev–Trinajstić information content (AvgIpc) is 3.46. The van der Waals surface area contributed by atoms with Crippen molar-refractivity contribution in [2.45, 2.75) is 121 Å². The van der Waals surface area contributed by atoms with Gasteiger partial charge in [0.05, 0.1) is 22.1 Å². The summed E-state index contributed by atoms with van der Waals surface area (Å²) >= 11 is 0. The Morgan fingerprint density at radius 3 is 2.24 bits per heavy atom. The molecule has 3 unspecified atom stereocenters. The van der Waals surface area contributed by atoms with Crippen LogP contribution in [0.15, 0.2) is 36.9 Å². The van der Waals surface area contributed by atoms with Crippen molar-refractivity contribution in [3.8, 4) is 12.3 Å². The molecule has 1 aliphatic heterocycles. The lowest BCUT2D eigenvalue weighted by molar-refractivity contribution is -0.144. The molecule has 0 radical (unpaired) electrons. The summed E-state index contributed by atoms with van der Waals surface area (Å²) in [6.07, 6.45) is 11.6. The first-order valence-electron chi connectivity index (χ1n) is 19.2. The number of sulfone groups is 1. The molecule has 2 saturated carbocycles. The van der Waals surface area contributed by atoms with E-state index in [0.29, 0.717) is 25.7 Å². The molecule has 3 fully saturated rings. The predicted molar refractivity (Wildman–Crippen MR) is 207 cm³/mol. The van der Waals surface area contributed by atoms with E-state index < -0.39 is 67.8 Å². The van der Waals surface area contributed by atoms with Gasteiger partial charge in [0.15, 0.2) is 9.84 Å². The van der Waals surface area contributed by atoms with E-state index in [-0.39, 0.29) is 54.9 Å². The number of hydrogen-bond acceptors (Lipinski definition) is 7. The molecular formula is C41H57N5O7S. The molecule has 5 amide bonds. The molecule has 4 N–H and O–H groups in total. The van der Waals surface area contributed by atoms with Gasteiger partial charge in [-0.3, -0.25) is 19.2 Å². The number of nitrogens with one attached hydrogen (secondary N) is 4. The average molecular weight is 764 g/mol. The minimum Gasteiger partial charge on any atom is -0.346 e. The number of likely N-dealkylation sites (tertiary alicyclic amines) is 1. The van der Waals surface area contributed by atoms with E-state index >= 15 is 0 Å². The maximum absolute atomic E-state index is 14.9. The molecule has 3 aliphatic carbocycles. The number of fused-ring (bicyclic) bond motifs is 2. The lowest BCUT2D eigenvalue weighted by atomic mass is 9.83. The van der Waals surface area contributed by atoms with Crippen LogP contribution in [0.5, 0.6) is 0 Å². The number of rotatable bonds is 14. The monoisotopic (exact) mass is 763 g/mol. The molecule has 54 heavy (non-hydrogen) atoms. The van der Waals surface area contributed by atoms with E-state index in [1.54, 1.807) is 20.8 Å². The predicted octanol–water partition coefficient (Wildman–Crippen LogP) is 3.24. The molecule has 1 aromatic rings. The molecule has 1 heterocycles. The number of ketones is 1. The van der Waals surface area contributed by atoms with Crippen molar-refractivity contribution in [2.24, 2.45) is 23.2 Å². The van der Waals surface area contributed by atoms with Gasteiger partial charge in [-0.2, -0.15) is 0 Å². The number of Topliss-reactive ketones (excluding diaryl/α,β-unsaturated/α-hetero) is 1. The first kappa shape index (κ1) is 41.0. The van der Waals surface area contributed by atoms with Gasteiger partial charge in [-0.25, -0.2) is 13.2 Å². The number of amides is 5. The van der Waals surface area contributed by atoms with E-state index in [2.05, 4.69) is 33.8 Å². The summed E-state index contributed by atoms with van der Waals surface area (Å²) in [5, 5.41) is 11.3. The number of nitrogens with zero attached hydrogens (tertiary/aromatic N) is 1. The van der Waals surface area contributed by atoms with Crippen LogP contribution >= 0.6 is 0 Å². The molecule has 4 aliphatic rings. The topological polar surface area (TPSA) is 171 Å². The SMILES string of the molecule is C#CCCC(NC(=O)[C@@H]1C2C(CN1C(=O)[C@@H](NC(=O)NC1(CS(=O)(=O)C(C)(C)C)CCCCC1)C1Cc3ccccc3C1)C2(C)C)C(=O)C(=O)NCC=C. The first-order chi connectivity index (χ1) is 25.4. The second kappa shape index (κ2) is 15.9. The van der Waals surface area contributed by atoms with Crippen molar-refractivity contribution < 1.29 is 32.4 Å². The Morgan fingerprint density at radius 1 is 1.04 bits per heavy atom. The summed E-state index contributed by atoms with van der Waals surface area (Å²) < 4.78 is 25.9. The molecular weight excluding hydrogens is 707 g/mol. The molecule has 1 saturated heterocycles. The van der Waals surface area contributed by atoms with Crippen LogP contribution in [-0.4, -0.2) is 90.1 Å². The molecule has 13 heteroatoms. The van der Waals surface area contributed by atoms with Crippen LogP contribution < -0.4 is 21.3 Å². The maximum atomic E-state index is 14.9. The number of hydrogen-bond donors (Lipinski definition) is 4. The highest BCUT2D eigenvalue weighted by Gasteiger charge is 2.70. The highest BCUT2D eigenvalue weighted by molar-refractivity contribution is 7.92. The lowest BCUT2D eigenvalue weighted by Crippen LogP contribution is -2.63. The van der Waals surface area contributed by atoms with Gasteiger partial charge in [-0.15, -0.1) is 18.9 Å². The van der Waals surface area contributed by atoms with Crippen LogP contribution in [0.4, 0.5) is 4.79 Å². The standard InChI is InChI=1S/C41H57N5O7S/c1-8-10-18-30(34(47)36(49)42-21-9-2)43-35(48)33-31-29(40(31,6)7)24-46(33)37(50)32(28-22-26-16-12-13-17-27(26)23-28)44-38(51)45-41(19-14-11-15-20-41)25-54(52,53)39(3,4)5/h1,9,12-13,16-17,28-33H,2,10-11,14-15,18-25H2,3-7H3,(H,42,49)(H,43,48)(H2,44,45,51)/t29?,30?,31?,32-,33-/m0/s1. The van der Waals surface area contributed by atoms with E-state index in [1.807, 2.05) is 38.1 Å². The Balaban J connectivity index is 1.42. The Labute approximate surface area is 320 Å². The molecule has 0 aromatic heterocycles. The summed E-state index contributed by atoms with van der Waals surface area (Å²) in [6, 6.07) is 4.09. The zero-order chi connectivity index (χ0) is 39.6. The van der Waals surface area contributed by atoms with Crippen LogP contribution in [0.3, 0.4) is 0 Å². The maximum Gasteiger partial charge on any atom is 0.315 e. The molecule has 12 nitrogen and oxygen atoms in total. The van der Waals surface area contributed by atoms with Crippen molar-refractivity contribution in [1.82, 2.24) is 26.2 Å². The second-order valence-corrected chi connectivity index (χ2v) is 20.0. The number of carbonyl (C=O) groups excluding carboxylic acids is 5. The van der Waals surface area contributed by atoms with Crippen molar-refractivity contribution >= 4 is 39.4 Å². The third kappa shape index (κ3) is 8.54. The lowest BCUT2D eigenvalue weighted by Gasteiger charge is -2.40. The number of urea groups is 1. The summed E-state index contributed by atoms with van der Waals surface area (Å²) in [5.74, 6) is -0.947. The van der Waals surface area contributed by atoms with Gasteiger partial charge in [-0.05, 0) is 87.2 Å². The van der Waals surface area contributed by atoms with Gasteiger partial charge in [-0.1, -0.05) is 63.5 Å². The van der Waals surface area contributed by atoms with Crippen molar-refractivity contribution in [3.05, 3.63) is 48.0 Å². The molecule has 5 atom stereocenters. The number of carbonyl (C=O) groups is 5.